The molecule has 17 heavy (non-hydrogen) atoms. The number of hydrogen-bond donors (Lipinski definition) is 1. The van der Waals surface area contributed by atoms with Crippen LogP contribution in [0.15, 0.2) is 0 Å². The number of nitrogens with zero attached hydrogens (tertiary/aromatic N) is 2. The van der Waals surface area contributed by atoms with Crippen LogP contribution in [0.25, 0.3) is 0 Å². The molecule has 92 valence electrons. The van der Waals surface area contributed by atoms with Crippen LogP contribution in [-0.4, -0.2) is 16.5 Å². The van der Waals surface area contributed by atoms with Crippen molar-refractivity contribution in [2.75, 3.05) is 11.9 Å². The molecule has 3 rings (SSSR count). The fraction of sp³-hybridized carbons (Fsp3) is 0.692. The maximum Gasteiger partial charge on any atom is 0.143 e. The zero-order valence-corrected chi connectivity index (χ0v) is 12.3. The van der Waals surface area contributed by atoms with Crippen LogP contribution in [0, 0.1) is 3.57 Å². The van der Waals surface area contributed by atoms with Gasteiger partial charge in [-0.05, 0) is 54.7 Å². The van der Waals surface area contributed by atoms with E-state index in [1.807, 2.05) is 0 Å². The van der Waals surface area contributed by atoms with Crippen molar-refractivity contribution >= 4 is 28.4 Å². The molecule has 0 radical (unpaired) electrons. The molecule has 0 spiro atoms. The summed E-state index contributed by atoms with van der Waals surface area (Å²) in [4.78, 5) is 9.52. The fourth-order valence-corrected chi connectivity index (χ4v) is 2.87. The molecule has 0 unspecified atom stereocenters. The van der Waals surface area contributed by atoms with E-state index in [1.165, 1.54) is 34.9 Å². The lowest BCUT2D eigenvalue weighted by atomic mass is 10.2. The molecular weight excluding hydrogens is 325 g/mol. The van der Waals surface area contributed by atoms with Crippen molar-refractivity contribution < 1.29 is 0 Å². The van der Waals surface area contributed by atoms with Gasteiger partial charge in [-0.15, -0.1) is 0 Å². The van der Waals surface area contributed by atoms with Gasteiger partial charge in [0, 0.05) is 18.4 Å². The Morgan fingerprint density at radius 2 is 1.88 bits per heavy atom. The summed E-state index contributed by atoms with van der Waals surface area (Å²) in [5, 5.41) is 3.45. The molecule has 0 aromatic carbocycles. The summed E-state index contributed by atoms with van der Waals surface area (Å²) in [6.45, 7) is 3.19. The molecule has 0 aliphatic heterocycles. The molecule has 1 aromatic heterocycles. The van der Waals surface area contributed by atoms with E-state index in [1.54, 1.807) is 0 Å². The van der Waals surface area contributed by atoms with Crippen LogP contribution < -0.4 is 5.32 Å². The molecule has 0 atom stereocenters. The van der Waals surface area contributed by atoms with Crippen molar-refractivity contribution in [3.8, 4) is 0 Å². The van der Waals surface area contributed by atoms with Gasteiger partial charge in [-0.25, -0.2) is 9.97 Å². The van der Waals surface area contributed by atoms with Crippen molar-refractivity contribution in [1.29, 1.82) is 0 Å². The van der Waals surface area contributed by atoms with Crippen molar-refractivity contribution in [3.05, 3.63) is 15.1 Å². The highest BCUT2D eigenvalue weighted by Gasteiger charge is 2.33. The minimum absolute atomic E-state index is 0.645. The van der Waals surface area contributed by atoms with Crippen LogP contribution in [0.4, 0.5) is 5.82 Å². The summed E-state index contributed by atoms with van der Waals surface area (Å²) in [5.41, 5.74) is 1.31. The first kappa shape index (κ1) is 11.7. The lowest BCUT2D eigenvalue weighted by Crippen LogP contribution is -2.10. The molecule has 0 bridgehead atoms. The normalized spacial score (nSPS) is 19.4. The van der Waals surface area contributed by atoms with E-state index in [4.69, 9.17) is 9.97 Å². The van der Waals surface area contributed by atoms with Crippen LogP contribution in [0.2, 0.25) is 0 Å². The lowest BCUT2D eigenvalue weighted by Gasteiger charge is -2.12. The summed E-state index contributed by atoms with van der Waals surface area (Å²) in [6, 6.07) is 0. The van der Waals surface area contributed by atoms with E-state index >= 15 is 0 Å². The topological polar surface area (TPSA) is 37.8 Å². The van der Waals surface area contributed by atoms with E-state index < -0.39 is 0 Å². The third kappa shape index (κ3) is 2.56. The molecule has 1 heterocycles. The SMILES string of the molecule is CCCNc1nc(C2CC2)nc(C2CC2)c1I. The Balaban J connectivity index is 1.93. The maximum absolute atomic E-state index is 4.81. The Hall–Kier alpha value is -0.390. The molecule has 2 fully saturated rings. The quantitative estimate of drug-likeness (QED) is 0.830. The molecule has 1 N–H and O–H groups in total. The van der Waals surface area contributed by atoms with Crippen molar-refractivity contribution in [2.24, 2.45) is 0 Å². The first-order valence-electron chi connectivity index (χ1n) is 6.60. The van der Waals surface area contributed by atoms with Crippen molar-refractivity contribution in [1.82, 2.24) is 9.97 Å². The highest BCUT2D eigenvalue weighted by Crippen LogP contribution is 2.45. The molecule has 2 aliphatic carbocycles. The highest BCUT2D eigenvalue weighted by molar-refractivity contribution is 14.1. The first-order chi connectivity index (χ1) is 8.29. The van der Waals surface area contributed by atoms with E-state index in [-0.39, 0.29) is 0 Å². The molecular formula is C13H18IN3. The molecule has 4 heteroatoms. The van der Waals surface area contributed by atoms with Gasteiger partial charge in [0.1, 0.15) is 11.6 Å². The Morgan fingerprint density at radius 3 is 2.47 bits per heavy atom. The number of nitrogens with one attached hydrogen (secondary N) is 1. The van der Waals surface area contributed by atoms with Gasteiger partial charge >= 0.3 is 0 Å². The molecule has 2 aliphatic rings. The summed E-state index contributed by atoms with van der Waals surface area (Å²) in [7, 11) is 0. The highest BCUT2D eigenvalue weighted by atomic mass is 127. The molecule has 0 saturated heterocycles. The average Bonchev–Trinajstić information content (AvgIpc) is 3.18. The minimum Gasteiger partial charge on any atom is -0.369 e. The molecule has 3 nitrogen and oxygen atoms in total. The average molecular weight is 343 g/mol. The summed E-state index contributed by atoms with van der Waals surface area (Å²) >= 11 is 2.41. The molecule has 2 saturated carbocycles. The van der Waals surface area contributed by atoms with Crippen LogP contribution in [0.5, 0.6) is 0 Å². The number of anilines is 1. The van der Waals surface area contributed by atoms with E-state index in [2.05, 4.69) is 34.8 Å². The lowest BCUT2D eigenvalue weighted by molar-refractivity contribution is 0.856. The fourth-order valence-electron chi connectivity index (χ4n) is 1.99. The van der Waals surface area contributed by atoms with Crippen LogP contribution >= 0.6 is 22.6 Å². The van der Waals surface area contributed by atoms with Gasteiger partial charge in [0.15, 0.2) is 0 Å². The van der Waals surface area contributed by atoms with Gasteiger partial charge < -0.3 is 5.32 Å². The number of hydrogen-bond acceptors (Lipinski definition) is 3. The Labute approximate surface area is 116 Å². The smallest absolute Gasteiger partial charge is 0.143 e. The van der Waals surface area contributed by atoms with Crippen LogP contribution in [0.3, 0.4) is 0 Å². The second-order valence-corrected chi connectivity index (χ2v) is 6.18. The predicted octanol–water partition coefficient (Wildman–Crippen LogP) is 3.66. The Morgan fingerprint density at radius 1 is 1.18 bits per heavy atom. The van der Waals surface area contributed by atoms with Gasteiger partial charge in [-0.1, -0.05) is 6.92 Å². The summed E-state index contributed by atoms with van der Waals surface area (Å²) in [5.74, 6) is 3.52. The van der Waals surface area contributed by atoms with Crippen LogP contribution in [0.1, 0.15) is 62.4 Å². The standard InChI is InChI=1S/C13H18IN3/c1-2-7-15-13-10(14)11(8-3-4-8)16-12(17-13)9-5-6-9/h8-9H,2-7H2,1H3,(H,15,16,17). The van der Waals surface area contributed by atoms with Gasteiger partial charge in [0.05, 0.1) is 9.26 Å². The van der Waals surface area contributed by atoms with Gasteiger partial charge in [0.2, 0.25) is 0 Å². The Bertz CT molecular complexity index is 425. The van der Waals surface area contributed by atoms with Crippen LogP contribution in [-0.2, 0) is 0 Å². The Kier molecular flexibility index (Phi) is 3.23. The zero-order valence-electron chi connectivity index (χ0n) is 10.2. The third-order valence-electron chi connectivity index (χ3n) is 3.34. The van der Waals surface area contributed by atoms with E-state index in [0.29, 0.717) is 11.8 Å². The second kappa shape index (κ2) is 4.71. The monoisotopic (exact) mass is 343 g/mol. The summed E-state index contributed by atoms with van der Waals surface area (Å²) in [6.07, 6.45) is 6.31. The third-order valence-corrected chi connectivity index (χ3v) is 4.41. The minimum atomic E-state index is 0.645. The van der Waals surface area contributed by atoms with Crippen molar-refractivity contribution in [3.63, 3.8) is 0 Å². The van der Waals surface area contributed by atoms with E-state index in [0.717, 1.165) is 24.6 Å². The first-order valence-corrected chi connectivity index (χ1v) is 7.68. The van der Waals surface area contributed by atoms with Gasteiger partial charge in [-0.3, -0.25) is 0 Å². The van der Waals surface area contributed by atoms with Crippen molar-refractivity contribution in [2.45, 2.75) is 50.9 Å². The largest absolute Gasteiger partial charge is 0.369 e. The van der Waals surface area contributed by atoms with Gasteiger partial charge in [0.25, 0.3) is 0 Å². The molecule has 1 aromatic rings. The maximum atomic E-state index is 4.81. The van der Waals surface area contributed by atoms with E-state index in [9.17, 15) is 0 Å². The van der Waals surface area contributed by atoms with Gasteiger partial charge in [-0.2, -0.15) is 0 Å². The summed E-state index contributed by atoms with van der Waals surface area (Å²) < 4.78 is 1.25. The second-order valence-electron chi connectivity index (χ2n) is 5.10. The number of aromatic nitrogens is 2. The zero-order chi connectivity index (χ0) is 11.8. The predicted molar refractivity (Wildman–Crippen MR) is 77.5 cm³/mol. The number of halogens is 1. The number of rotatable bonds is 5. The molecule has 0 amide bonds.